The van der Waals surface area contributed by atoms with Crippen LogP contribution in [0.1, 0.15) is 16.7 Å². The Morgan fingerprint density at radius 1 is 0.824 bits per heavy atom. The molecule has 0 atom stereocenters. The average Bonchev–Trinajstić information content (AvgIpc) is 2.80. The summed E-state index contributed by atoms with van der Waals surface area (Å²) in [5.41, 5.74) is 2.83. The van der Waals surface area contributed by atoms with Crippen LogP contribution in [0.3, 0.4) is 0 Å². The van der Waals surface area contributed by atoms with Crippen LogP contribution in [-0.4, -0.2) is 28.4 Å². The van der Waals surface area contributed by atoms with Gasteiger partial charge in [0.2, 0.25) is 0 Å². The van der Waals surface area contributed by atoms with Gasteiger partial charge in [0.05, 0.1) is 17.9 Å². The summed E-state index contributed by atoms with van der Waals surface area (Å²) < 4.78 is 2.15. The van der Waals surface area contributed by atoms with Crippen molar-refractivity contribution in [3.63, 3.8) is 0 Å². The highest BCUT2D eigenvalue weighted by Crippen LogP contribution is 2.34. The molecule has 3 aromatic rings. The third-order valence-electron chi connectivity index (χ3n) is 4.74. The Morgan fingerprint density at radius 3 is 1.91 bits per heavy atom. The molecule has 3 N–H and O–H groups in total. The Bertz CT molecular complexity index is 1160. The maximum Gasteiger partial charge on any atom is 0.269 e. The molecule has 178 valence electrons. The fourth-order valence-corrected chi connectivity index (χ4v) is 5.57. The SMILES string of the molecule is O=C(NCCc1cc(Br)c(O)c(Br)c1)/C(Cc1cc(Br)c(O)c(Br)c1)=N/OCc1ccccc1. The number of oxime groups is 1. The molecule has 0 bridgehead atoms. The monoisotopic (exact) mass is 716 g/mol. The Morgan fingerprint density at radius 2 is 1.35 bits per heavy atom. The van der Waals surface area contributed by atoms with E-state index < -0.39 is 0 Å². The van der Waals surface area contributed by atoms with Gasteiger partial charge in [-0.1, -0.05) is 35.5 Å². The lowest BCUT2D eigenvalue weighted by molar-refractivity contribution is -0.115. The van der Waals surface area contributed by atoms with E-state index in [1.807, 2.05) is 30.3 Å². The number of nitrogens with zero attached hydrogens (tertiary/aromatic N) is 1. The van der Waals surface area contributed by atoms with Crippen LogP contribution in [0.15, 0.2) is 77.6 Å². The van der Waals surface area contributed by atoms with Crippen LogP contribution in [0.5, 0.6) is 11.5 Å². The molecular weight excluding hydrogens is 700 g/mol. The third-order valence-corrected chi connectivity index (χ3v) is 7.15. The predicted molar refractivity (Wildman–Crippen MR) is 146 cm³/mol. The van der Waals surface area contributed by atoms with Crippen LogP contribution >= 0.6 is 63.7 Å². The molecule has 34 heavy (non-hydrogen) atoms. The second-order valence-corrected chi connectivity index (χ2v) is 10.7. The first-order valence-corrected chi connectivity index (χ1v) is 13.3. The van der Waals surface area contributed by atoms with Crippen molar-refractivity contribution in [2.24, 2.45) is 5.16 Å². The molecule has 0 unspecified atom stereocenters. The van der Waals surface area contributed by atoms with Crippen LogP contribution in [0.25, 0.3) is 0 Å². The lowest BCUT2D eigenvalue weighted by Crippen LogP contribution is -2.34. The summed E-state index contributed by atoms with van der Waals surface area (Å²) in [7, 11) is 0. The molecule has 0 spiro atoms. The number of benzene rings is 3. The highest BCUT2D eigenvalue weighted by Gasteiger charge is 2.16. The van der Waals surface area contributed by atoms with Crippen molar-refractivity contribution < 1.29 is 19.8 Å². The summed E-state index contributed by atoms with van der Waals surface area (Å²) >= 11 is 13.3. The minimum Gasteiger partial charge on any atom is -0.506 e. The predicted octanol–water partition coefficient (Wildman–Crippen LogP) is 6.62. The molecule has 3 aromatic carbocycles. The third kappa shape index (κ3) is 7.56. The van der Waals surface area contributed by atoms with Gasteiger partial charge >= 0.3 is 0 Å². The number of halogens is 4. The first-order valence-electron chi connectivity index (χ1n) is 10.1. The fraction of sp³-hybridized carbons (Fsp3) is 0.167. The molecule has 10 heteroatoms. The van der Waals surface area contributed by atoms with Gasteiger partial charge in [0.25, 0.3) is 5.91 Å². The second-order valence-electron chi connectivity index (χ2n) is 7.30. The van der Waals surface area contributed by atoms with Crippen molar-refractivity contribution in [3.8, 4) is 11.5 Å². The van der Waals surface area contributed by atoms with Gasteiger partial charge in [-0.25, -0.2) is 0 Å². The molecule has 0 aromatic heterocycles. The number of hydrogen-bond acceptors (Lipinski definition) is 5. The van der Waals surface area contributed by atoms with Crippen molar-refractivity contribution >= 4 is 75.3 Å². The van der Waals surface area contributed by atoms with Crippen LogP contribution in [0, 0.1) is 0 Å². The number of rotatable bonds is 9. The normalized spacial score (nSPS) is 11.4. The molecule has 1 amide bonds. The Kier molecular flexibility index (Phi) is 9.99. The van der Waals surface area contributed by atoms with E-state index in [1.165, 1.54) is 0 Å². The van der Waals surface area contributed by atoms with Crippen LogP contribution in [-0.2, 0) is 29.1 Å². The van der Waals surface area contributed by atoms with E-state index in [4.69, 9.17) is 4.84 Å². The van der Waals surface area contributed by atoms with Gasteiger partial charge in [-0.3, -0.25) is 4.79 Å². The maximum absolute atomic E-state index is 13.0. The number of phenols is 2. The smallest absolute Gasteiger partial charge is 0.269 e. The summed E-state index contributed by atoms with van der Waals surface area (Å²) in [4.78, 5) is 18.4. The Hall–Kier alpha value is -1.88. The van der Waals surface area contributed by atoms with Gasteiger partial charge in [0, 0.05) is 13.0 Å². The number of carbonyl (C=O) groups excluding carboxylic acids is 1. The van der Waals surface area contributed by atoms with Crippen LogP contribution in [0.2, 0.25) is 0 Å². The van der Waals surface area contributed by atoms with E-state index in [-0.39, 0.29) is 36.1 Å². The zero-order valence-electron chi connectivity index (χ0n) is 17.7. The van der Waals surface area contributed by atoms with Crippen LogP contribution in [0.4, 0.5) is 0 Å². The van der Waals surface area contributed by atoms with Gasteiger partial charge < -0.3 is 20.4 Å². The zero-order valence-corrected chi connectivity index (χ0v) is 24.0. The molecule has 0 saturated heterocycles. The highest BCUT2D eigenvalue weighted by molar-refractivity contribution is 9.11. The van der Waals surface area contributed by atoms with Gasteiger partial charge in [-0.2, -0.15) is 0 Å². The summed E-state index contributed by atoms with van der Waals surface area (Å²) in [6.45, 7) is 0.597. The van der Waals surface area contributed by atoms with Crippen molar-refractivity contribution in [1.82, 2.24) is 5.32 Å². The maximum atomic E-state index is 13.0. The van der Waals surface area contributed by atoms with Crippen molar-refractivity contribution in [3.05, 3.63) is 89.2 Å². The van der Waals surface area contributed by atoms with Crippen molar-refractivity contribution in [2.75, 3.05) is 6.54 Å². The van der Waals surface area contributed by atoms with E-state index >= 15 is 0 Å². The molecular formula is C24H20Br4N2O4. The van der Waals surface area contributed by atoms with Gasteiger partial charge in [-0.05, 0) is 111 Å². The Balaban J connectivity index is 1.71. The number of amides is 1. The van der Waals surface area contributed by atoms with Gasteiger partial charge in [0.15, 0.2) is 0 Å². The number of hydrogen-bond donors (Lipinski definition) is 3. The van der Waals surface area contributed by atoms with E-state index in [2.05, 4.69) is 74.2 Å². The molecule has 6 nitrogen and oxygen atoms in total. The number of carbonyl (C=O) groups is 1. The van der Waals surface area contributed by atoms with Crippen molar-refractivity contribution in [2.45, 2.75) is 19.4 Å². The van der Waals surface area contributed by atoms with E-state index in [1.54, 1.807) is 24.3 Å². The van der Waals surface area contributed by atoms with Gasteiger partial charge in [0.1, 0.15) is 23.8 Å². The largest absolute Gasteiger partial charge is 0.506 e. The van der Waals surface area contributed by atoms with Crippen molar-refractivity contribution in [1.29, 1.82) is 0 Å². The first-order chi connectivity index (χ1) is 16.2. The van der Waals surface area contributed by atoms with Gasteiger partial charge in [-0.15, -0.1) is 0 Å². The minimum absolute atomic E-state index is 0.0817. The summed E-state index contributed by atoms with van der Waals surface area (Å²) in [6, 6.07) is 16.6. The van der Waals surface area contributed by atoms with E-state index in [0.717, 1.165) is 16.7 Å². The topological polar surface area (TPSA) is 91.2 Å². The molecule has 0 radical (unpaired) electrons. The standard InChI is InChI=1S/C24H20Br4N2O4/c25-17-8-15(9-18(26)22(17)31)6-7-29-24(33)21(30-34-13-14-4-2-1-3-5-14)12-16-10-19(27)23(32)20(28)11-16/h1-5,8-11,31-32H,6-7,12-13H2,(H,29,33)/b30-21+. The quantitative estimate of drug-likeness (QED) is 0.171. The molecule has 3 rings (SSSR count). The summed E-state index contributed by atoms with van der Waals surface area (Å²) in [5, 5.41) is 26.8. The lowest BCUT2D eigenvalue weighted by Gasteiger charge is -2.11. The Labute approximate surface area is 230 Å². The molecule has 0 saturated carbocycles. The molecule has 0 heterocycles. The summed E-state index contributed by atoms with van der Waals surface area (Å²) in [5.74, 6) is -0.146. The van der Waals surface area contributed by atoms with E-state index in [9.17, 15) is 15.0 Å². The van der Waals surface area contributed by atoms with E-state index in [0.29, 0.717) is 30.9 Å². The average molecular weight is 720 g/mol. The fourth-order valence-electron chi connectivity index (χ4n) is 3.01. The highest BCUT2D eigenvalue weighted by atomic mass is 79.9. The number of nitrogens with one attached hydrogen (secondary N) is 1. The molecule has 0 aliphatic carbocycles. The molecule has 0 aliphatic heterocycles. The second kappa shape index (κ2) is 12.7. The summed E-state index contributed by atoms with van der Waals surface area (Å²) in [6.07, 6.45) is 0.756. The number of aromatic hydroxyl groups is 2. The first kappa shape index (κ1) is 26.7. The lowest BCUT2D eigenvalue weighted by atomic mass is 10.1. The molecule has 0 aliphatic rings. The molecule has 0 fully saturated rings. The zero-order chi connectivity index (χ0) is 24.7. The van der Waals surface area contributed by atoms with Crippen LogP contribution < -0.4 is 5.32 Å². The minimum atomic E-state index is -0.356. The number of phenolic OH excluding ortho intramolecular Hbond substituents is 2.